The Labute approximate surface area is 148 Å². The van der Waals surface area contributed by atoms with E-state index in [0.717, 1.165) is 57.6 Å². The highest BCUT2D eigenvalue weighted by Gasteiger charge is 2.26. The fraction of sp³-hybridized carbons (Fsp3) is 0.611. The van der Waals surface area contributed by atoms with Crippen molar-refractivity contribution < 1.29 is 4.74 Å². The number of hydrogen-bond donors (Lipinski definition) is 0. The molecule has 1 atom stereocenters. The highest BCUT2D eigenvalue weighted by atomic mass is 16.5. The minimum absolute atomic E-state index is 0.429. The average molecular weight is 342 g/mol. The Morgan fingerprint density at radius 3 is 2.72 bits per heavy atom. The average Bonchev–Trinajstić information content (AvgIpc) is 3.04. The van der Waals surface area contributed by atoms with Crippen molar-refractivity contribution in [2.45, 2.75) is 25.3 Å². The Kier molecular flexibility index (Phi) is 4.94. The molecule has 0 spiro atoms. The highest BCUT2D eigenvalue weighted by molar-refractivity contribution is 5.45. The second kappa shape index (κ2) is 7.49. The third-order valence-electron chi connectivity index (χ3n) is 5.28. The van der Waals surface area contributed by atoms with E-state index in [4.69, 9.17) is 4.74 Å². The first-order valence-corrected chi connectivity index (χ1v) is 9.14. The van der Waals surface area contributed by atoms with Gasteiger partial charge >= 0.3 is 0 Å². The number of morpholine rings is 1. The van der Waals surface area contributed by atoms with Crippen LogP contribution in [0.2, 0.25) is 0 Å². The molecule has 2 aromatic rings. The van der Waals surface area contributed by atoms with Gasteiger partial charge in [0, 0.05) is 57.2 Å². The van der Waals surface area contributed by atoms with Gasteiger partial charge in [-0.05, 0) is 25.0 Å². The third kappa shape index (κ3) is 3.67. The van der Waals surface area contributed by atoms with Crippen molar-refractivity contribution in [2.75, 3.05) is 44.3 Å². The van der Waals surface area contributed by atoms with Crippen molar-refractivity contribution in [2.24, 2.45) is 7.05 Å². The Morgan fingerprint density at radius 1 is 1.12 bits per heavy atom. The molecular weight excluding hydrogens is 316 g/mol. The largest absolute Gasteiger partial charge is 0.379 e. The van der Waals surface area contributed by atoms with Crippen LogP contribution in [0.4, 0.5) is 5.69 Å². The Bertz CT molecular complexity index is 682. The molecule has 7 heteroatoms. The van der Waals surface area contributed by atoms with E-state index in [2.05, 4.69) is 48.7 Å². The number of rotatable bonds is 4. The number of ether oxygens (including phenoxy) is 1. The number of piperidine rings is 1. The smallest absolute Gasteiger partial charge is 0.146 e. The van der Waals surface area contributed by atoms with Gasteiger partial charge in [-0.15, -0.1) is 10.2 Å². The van der Waals surface area contributed by atoms with Crippen molar-refractivity contribution in [3.05, 3.63) is 36.2 Å². The molecule has 0 unspecified atom stereocenters. The fourth-order valence-electron chi connectivity index (χ4n) is 3.81. The first kappa shape index (κ1) is 16.5. The van der Waals surface area contributed by atoms with Crippen molar-refractivity contribution in [1.29, 1.82) is 0 Å². The maximum atomic E-state index is 5.43. The molecule has 4 heterocycles. The SMILES string of the molecule is Cn1c(CN2CCOCC2)nnc1[C@H]1CCCN(c2ccncc2)C1. The van der Waals surface area contributed by atoms with Crippen LogP contribution in [0.1, 0.15) is 30.4 Å². The molecule has 0 bridgehead atoms. The van der Waals surface area contributed by atoms with E-state index < -0.39 is 0 Å². The molecule has 0 saturated carbocycles. The number of aromatic nitrogens is 4. The summed E-state index contributed by atoms with van der Waals surface area (Å²) in [4.78, 5) is 8.95. The van der Waals surface area contributed by atoms with Crippen molar-refractivity contribution in [3.8, 4) is 0 Å². The highest BCUT2D eigenvalue weighted by Crippen LogP contribution is 2.29. The Hall–Kier alpha value is -1.99. The molecule has 0 amide bonds. The summed E-state index contributed by atoms with van der Waals surface area (Å²) in [7, 11) is 2.11. The summed E-state index contributed by atoms with van der Waals surface area (Å²) < 4.78 is 7.63. The summed E-state index contributed by atoms with van der Waals surface area (Å²) in [6.45, 7) is 6.52. The molecule has 0 aliphatic carbocycles. The lowest BCUT2D eigenvalue weighted by Gasteiger charge is -2.34. The van der Waals surface area contributed by atoms with E-state index in [9.17, 15) is 0 Å². The molecular formula is C18H26N6O. The topological polar surface area (TPSA) is 59.3 Å². The number of nitrogens with zero attached hydrogens (tertiary/aromatic N) is 6. The standard InChI is InChI=1S/C18H26N6O/c1-22-17(14-23-9-11-25-12-10-23)20-21-18(22)15-3-2-8-24(13-15)16-4-6-19-7-5-16/h4-7,15H,2-3,8-14H2,1H3/t15-/m0/s1. The van der Waals surface area contributed by atoms with E-state index in [1.165, 1.54) is 18.5 Å². The lowest BCUT2D eigenvalue weighted by molar-refractivity contribution is 0.0326. The van der Waals surface area contributed by atoms with Crippen LogP contribution in [-0.2, 0) is 18.3 Å². The fourth-order valence-corrected chi connectivity index (χ4v) is 3.81. The van der Waals surface area contributed by atoms with Crippen molar-refractivity contribution in [3.63, 3.8) is 0 Å². The molecule has 4 rings (SSSR count). The van der Waals surface area contributed by atoms with E-state index in [0.29, 0.717) is 5.92 Å². The normalized spacial score (nSPS) is 22.3. The molecule has 7 nitrogen and oxygen atoms in total. The number of hydrogen-bond acceptors (Lipinski definition) is 6. The maximum absolute atomic E-state index is 5.43. The van der Waals surface area contributed by atoms with Crippen LogP contribution in [0.25, 0.3) is 0 Å². The minimum atomic E-state index is 0.429. The molecule has 2 saturated heterocycles. The van der Waals surface area contributed by atoms with Crippen LogP contribution in [0, 0.1) is 0 Å². The zero-order valence-corrected chi connectivity index (χ0v) is 14.8. The zero-order chi connectivity index (χ0) is 17.1. The van der Waals surface area contributed by atoms with Crippen LogP contribution in [0.3, 0.4) is 0 Å². The summed E-state index contributed by atoms with van der Waals surface area (Å²) >= 11 is 0. The lowest BCUT2D eigenvalue weighted by Crippen LogP contribution is -2.37. The molecule has 0 N–H and O–H groups in total. The first-order chi connectivity index (χ1) is 12.3. The summed E-state index contributed by atoms with van der Waals surface area (Å²) in [5, 5.41) is 9.03. The van der Waals surface area contributed by atoms with Crippen LogP contribution >= 0.6 is 0 Å². The maximum Gasteiger partial charge on any atom is 0.146 e. The van der Waals surface area contributed by atoms with Gasteiger partial charge in [0.1, 0.15) is 11.6 Å². The summed E-state index contributed by atoms with van der Waals surface area (Å²) in [6, 6.07) is 4.17. The van der Waals surface area contributed by atoms with Gasteiger partial charge in [-0.25, -0.2) is 0 Å². The second-order valence-electron chi connectivity index (χ2n) is 6.91. The second-order valence-corrected chi connectivity index (χ2v) is 6.91. The van der Waals surface area contributed by atoms with Gasteiger partial charge in [0.25, 0.3) is 0 Å². The molecule has 25 heavy (non-hydrogen) atoms. The molecule has 2 fully saturated rings. The Morgan fingerprint density at radius 2 is 1.92 bits per heavy atom. The van der Waals surface area contributed by atoms with Crippen molar-refractivity contribution in [1.82, 2.24) is 24.6 Å². The molecule has 2 aromatic heterocycles. The van der Waals surface area contributed by atoms with Gasteiger partial charge in [-0.3, -0.25) is 9.88 Å². The van der Waals surface area contributed by atoms with Gasteiger partial charge < -0.3 is 14.2 Å². The molecule has 0 aromatic carbocycles. The zero-order valence-electron chi connectivity index (χ0n) is 14.8. The van der Waals surface area contributed by atoms with E-state index in [1.807, 2.05) is 12.4 Å². The van der Waals surface area contributed by atoms with Crippen LogP contribution in [-0.4, -0.2) is 64.0 Å². The van der Waals surface area contributed by atoms with E-state index >= 15 is 0 Å². The van der Waals surface area contributed by atoms with Gasteiger partial charge in [-0.2, -0.15) is 0 Å². The van der Waals surface area contributed by atoms with Gasteiger partial charge in [0.15, 0.2) is 0 Å². The number of pyridine rings is 1. The molecule has 0 radical (unpaired) electrons. The third-order valence-corrected chi connectivity index (χ3v) is 5.28. The first-order valence-electron chi connectivity index (χ1n) is 9.14. The lowest BCUT2D eigenvalue weighted by atomic mass is 9.96. The summed E-state index contributed by atoms with van der Waals surface area (Å²) in [5.41, 5.74) is 1.25. The summed E-state index contributed by atoms with van der Waals surface area (Å²) in [5.74, 6) is 2.60. The van der Waals surface area contributed by atoms with Gasteiger partial charge in [-0.1, -0.05) is 0 Å². The Balaban J connectivity index is 1.46. The van der Waals surface area contributed by atoms with Crippen LogP contribution in [0.15, 0.2) is 24.5 Å². The van der Waals surface area contributed by atoms with E-state index in [1.54, 1.807) is 0 Å². The molecule has 134 valence electrons. The molecule has 2 aliphatic heterocycles. The monoisotopic (exact) mass is 342 g/mol. The van der Waals surface area contributed by atoms with E-state index in [-0.39, 0.29) is 0 Å². The number of anilines is 1. The molecule has 2 aliphatic rings. The predicted octanol–water partition coefficient (Wildman–Crippen LogP) is 1.43. The van der Waals surface area contributed by atoms with Gasteiger partial charge in [0.05, 0.1) is 19.8 Å². The minimum Gasteiger partial charge on any atom is -0.379 e. The predicted molar refractivity (Wildman–Crippen MR) is 95.5 cm³/mol. The quantitative estimate of drug-likeness (QED) is 0.838. The van der Waals surface area contributed by atoms with Crippen molar-refractivity contribution >= 4 is 5.69 Å². The van der Waals surface area contributed by atoms with Crippen LogP contribution < -0.4 is 4.90 Å². The summed E-state index contributed by atoms with van der Waals surface area (Å²) in [6.07, 6.45) is 6.08. The van der Waals surface area contributed by atoms with Gasteiger partial charge in [0.2, 0.25) is 0 Å². The van der Waals surface area contributed by atoms with Crippen LogP contribution in [0.5, 0.6) is 0 Å².